The fourth-order valence-electron chi connectivity index (χ4n) is 3.06. The Morgan fingerprint density at radius 3 is 3.12 bits per heavy atom. The highest BCUT2D eigenvalue weighted by Gasteiger charge is 2.22. The van der Waals surface area contributed by atoms with Gasteiger partial charge in [0.1, 0.15) is 0 Å². The van der Waals surface area contributed by atoms with Gasteiger partial charge in [0.05, 0.1) is 18.4 Å². The van der Waals surface area contributed by atoms with Gasteiger partial charge in [0.2, 0.25) is 16.0 Å². The third kappa shape index (κ3) is 3.27. The number of imidazole rings is 1. The minimum absolute atomic E-state index is 0.383. The second-order valence-electron chi connectivity index (χ2n) is 6.19. The average Bonchev–Trinajstić information content (AvgIpc) is 3.22. The van der Waals surface area contributed by atoms with Crippen molar-refractivity contribution < 1.29 is 4.52 Å². The van der Waals surface area contributed by atoms with Crippen LogP contribution in [0.4, 0.5) is 5.13 Å². The van der Waals surface area contributed by atoms with Crippen LogP contribution in [0.2, 0.25) is 0 Å². The van der Waals surface area contributed by atoms with Gasteiger partial charge < -0.3 is 9.84 Å². The number of fused-ring (bicyclic) bond motifs is 1. The van der Waals surface area contributed by atoms with Crippen molar-refractivity contribution in [1.82, 2.24) is 29.6 Å². The number of nitrogens with zero attached hydrogens (tertiary/aromatic N) is 6. The number of likely N-dealkylation sites (tertiary alicyclic amines) is 1. The first-order valence-corrected chi connectivity index (χ1v) is 9.14. The molecule has 1 aliphatic heterocycles. The Morgan fingerprint density at radius 1 is 1.42 bits per heavy atom. The summed E-state index contributed by atoms with van der Waals surface area (Å²) in [6.45, 7) is 6.76. The van der Waals surface area contributed by atoms with Gasteiger partial charge in [-0.25, -0.2) is 9.50 Å². The number of aryl methyl sites for hydroxylation is 2. The van der Waals surface area contributed by atoms with Crippen LogP contribution in [-0.4, -0.2) is 48.8 Å². The zero-order chi connectivity index (χ0) is 16.5. The first-order chi connectivity index (χ1) is 11.7. The van der Waals surface area contributed by atoms with E-state index in [4.69, 9.17) is 4.52 Å². The number of rotatable bonds is 5. The van der Waals surface area contributed by atoms with Gasteiger partial charge in [-0.1, -0.05) is 23.4 Å². The largest absolute Gasteiger partial charge is 0.356 e. The fourth-order valence-corrected chi connectivity index (χ4v) is 3.96. The van der Waals surface area contributed by atoms with Crippen LogP contribution in [0, 0.1) is 6.92 Å². The molecule has 1 fully saturated rings. The fraction of sp³-hybridized carbons (Fsp3) is 0.600. The van der Waals surface area contributed by atoms with Crippen LogP contribution in [0.5, 0.6) is 0 Å². The number of hydrogen-bond acceptors (Lipinski definition) is 8. The standard InChI is InChI=1S/C15H21N7OS/c1-3-13-18-12(20-23-13)9-21-6-4-5-11(8-21)17-14-19-22-7-10(2)16-15(22)24-14/h7,11H,3-6,8-9H2,1-2H3,(H,17,19)/t11-/m1/s1. The maximum atomic E-state index is 5.19. The number of piperidine rings is 1. The Kier molecular flexibility index (Phi) is 4.19. The van der Waals surface area contributed by atoms with Crippen LogP contribution >= 0.6 is 11.3 Å². The van der Waals surface area contributed by atoms with Gasteiger partial charge in [-0.2, -0.15) is 4.98 Å². The highest BCUT2D eigenvalue weighted by Crippen LogP contribution is 2.22. The van der Waals surface area contributed by atoms with Crippen LogP contribution in [-0.2, 0) is 13.0 Å². The molecule has 1 atom stereocenters. The number of aromatic nitrogens is 5. The van der Waals surface area contributed by atoms with E-state index in [2.05, 4.69) is 30.4 Å². The predicted octanol–water partition coefficient (Wildman–Crippen LogP) is 2.12. The Balaban J connectivity index is 1.37. The van der Waals surface area contributed by atoms with E-state index in [0.717, 1.165) is 60.5 Å². The van der Waals surface area contributed by atoms with Crippen LogP contribution in [0.15, 0.2) is 10.7 Å². The normalized spacial score (nSPS) is 19.2. The molecular formula is C15H21N7OS. The summed E-state index contributed by atoms with van der Waals surface area (Å²) in [5, 5.41) is 13.1. The second kappa shape index (κ2) is 6.48. The number of nitrogens with one attached hydrogen (secondary N) is 1. The minimum atomic E-state index is 0.383. The molecule has 0 radical (unpaired) electrons. The lowest BCUT2D eigenvalue weighted by Crippen LogP contribution is -2.41. The van der Waals surface area contributed by atoms with Crippen LogP contribution < -0.4 is 5.32 Å². The van der Waals surface area contributed by atoms with E-state index in [1.807, 2.05) is 24.6 Å². The van der Waals surface area contributed by atoms with Crippen molar-refractivity contribution >= 4 is 21.4 Å². The molecule has 8 nitrogen and oxygen atoms in total. The van der Waals surface area contributed by atoms with Gasteiger partial charge in [-0.3, -0.25) is 4.90 Å². The van der Waals surface area contributed by atoms with Crippen molar-refractivity contribution in [2.45, 2.75) is 45.7 Å². The smallest absolute Gasteiger partial charge is 0.226 e. The third-order valence-corrected chi connectivity index (χ3v) is 5.03. The van der Waals surface area contributed by atoms with Gasteiger partial charge in [0, 0.05) is 19.0 Å². The maximum Gasteiger partial charge on any atom is 0.226 e. The molecule has 3 aromatic heterocycles. The number of hydrogen-bond donors (Lipinski definition) is 1. The molecule has 0 amide bonds. The third-order valence-electron chi connectivity index (χ3n) is 4.17. The van der Waals surface area contributed by atoms with Gasteiger partial charge in [0.15, 0.2) is 5.82 Å². The topological polar surface area (TPSA) is 84.4 Å². The minimum Gasteiger partial charge on any atom is -0.356 e. The molecule has 1 aliphatic rings. The molecule has 0 bridgehead atoms. The molecule has 9 heteroatoms. The molecule has 0 unspecified atom stereocenters. The lowest BCUT2D eigenvalue weighted by molar-refractivity contribution is 0.201. The molecule has 1 N–H and O–H groups in total. The second-order valence-corrected chi connectivity index (χ2v) is 7.15. The van der Waals surface area contributed by atoms with Crippen LogP contribution in [0.3, 0.4) is 0 Å². The molecule has 24 heavy (non-hydrogen) atoms. The molecule has 4 heterocycles. The first kappa shape index (κ1) is 15.5. The summed E-state index contributed by atoms with van der Waals surface area (Å²) in [7, 11) is 0. The van der Waals surface area contributed by atoms with Crippen molar-refractivity contribution in [3.05, 3.63) is 23.6 Å². The van der Waals surface area contributed by atoms with E-state index in [1.54, 1.807) is 11.3 Å². The van der Waals surface area contributed by atoms with Crippen molar-refractivity contribution in [3.8, 4) is 0 Å². The SMILES string of the molecule is CCc1nc(CN2CCC[C@@H](Nc3nn4cc(C)nc4s3)C2)no1. The van der Waals surface area contributed by atoms with E-state index < -0.39 is 0 Å². The summed E-state index contributed by atoms with van der Waals surface area (Å²) in [6.07, 6.45) is 5.02. The molecule has 0 spiro atoms. The van der Waals surface area contributed by atoms with E-state index in [1.165, 1.54) is 0 Å². The van der Waals surface area contributed by atoms with Crippen LogP contribution in [0.25, 0.3) is 4.96 Å². The molecule has 0 saturated carbocycles. The molecule has 1 saturated heterocycles. The Bertz CT molecular complexity index is 791. The Labute approximate surface area is 143 Å². The van der Waals surface area contributed by atoms with Crippen molar-refractivity contribution in [2.75, 3.05) is 18.4 Å². The van der Waals surface area contributed by atoms with E-state index in [-0.39, 0.29) is 0 Å². The van der Waals surface area contributed by atoms with Crippen molar-refractivity contribution in [1.29, 1.82) is 0 Å². The highest BCUT2D eigenvalue weighted by molar-refractivity contribution is 7.20. The van der Waals surface area contributed by atoms with Gasteiger partial charge >= 0.3 is 0 Å². The van der Waals surface area contributed by atoms with E-state index in [9.17, 15) is 0 Å². The van der Waals surface area contributed by atoms with Crippen molar-refractivity contribution in [2.24, 2.45) is 0 Å². The summed E-state index contributed by atoms with van der Waals surface area (Å²) in [6, 6.07) is 0.383. The van der Waals surface area contributed by atoms with Crippen molar-refractivity contribution in [3.63, 3.8) is 0 Å². The Morgan fingerprint density at radius 2 is 2.33 bits per heavy atom. The van der Waals surface area contributed by atoms with Gasteiger partial charge in [-0.15, -0.1) is 5.10 Å². The molecule has 128 valence electrons. The van der Waals surface area contributed by atoms with E-state index in [0.29, 0.717) is 11.9 Å². The summed E-state index contributed by atoms with van der Waals surface area (Å²) in [4.78, 5) is 12.2. The van der Waals surface area contributed by atoms with E-state index >= 15 is 0 Å². The molecule has 3 aromatic rings. The summed E-state index contributed by atoms with van der Waals surface area (Å²) < 4.78 is 7.03. The molecule has 0 aromatic carbocycles. The maximum absolute atomic E-state index is 5.19. The lowest BCUT2D eigenvalue weighted by Gasteiger charge is -2.32. The van der Waals surface area contributed by atoms with Crippen LogP contribution in [0.1, 0.15) is 37.2 Å². The summed E-state index contributed by atoms with van der Waals surface area (Å²) in [5.41, 5.74) is 0.996. The monoisotopic (exact) mass is 347 g/mol. The zero-order valence-corrected chi connectivity index (χ0v) is 14.7. The Hall–Kier alpha value is -2.00. The molecule has 4 rings (SSSR count). The summed E-state index contributed by atoms with van der Waals surface area (Å²) in [5.74, 6) is 1.48. The quantitative estimate of drug-likeness (QED) is 0.757. The lowest BCUT2D eigenvalue weighted by atomic mass is 10.1. The molecular weight excluding hydrogens is 326 g/mol. The molecule has 0 aliphatic carbocycles. The number of anilines is 1. The average molecular weight is 347 g/mol. The zero-order valence-electron chi connectivity index (χ0n) is 13.9. The highest BCUT2D eigenvalue weighted by atomic mass is 32.1. The predicted molar refractivity (Wildman–Crippen MR) is 91.2 cm³/mol. The van der Waals surface area contributed by atoms with Gasteiger partial charge in [-0.05, 0) is 26.3 Å². The summed E-state index contributed by atoms with van der Waals surface area (Å²) >= 11 is 1.59. The first-order valence-electron chi connectivity index (χ1n) is 8.33. The van der Waals surface area contributed by atoms with Gasteiger partial charge in [0.25, 0.3) is 0 Å².